The Morgan fingerprint density at radius 1 is 1.37 bits per heavy atom. The minimum Gasteiger partial charge on any atom is -0.481 e. The molecule has 8 heteroatoms. The smallest absolute Gasteiger partial charge is 0.391 e. The zero-order chi connectivity index (χ0) is 14.6. The Morgan fingerprint density at radius 3 is 2.53 bits per heavy atom. The van der Waals surface area contributed by atoms with Crippen LogP contribution in [-0.4, -0.2) is 35.4 Å². The van der Waals surface area contributed by atoms with E-state index in [0.29, 0.717) is 19.3 Å². The Bertz CT molecular complexity index is 347. The molecule has 0 bridgehead atoms. The number of rotatable bonds is 4. The molecule has 3 N–H and O–H groups in total. The summed E-state index contributed by atoms with van der Waals surface area (Å²) in [6, 6.07) is -2.32. The zero-order valence-corrected chi connectivity index (χ0v) is 10.5. The standard InChI is InChI=1S/C11H17F3N2O3/c1-6(5-11(12,13)14)15-10(19)16-8-4-2-3-7(8)9(17)18/h6-8H,2-5H2,1H3,(H,17,18)(H2,15,16,19). The van der Waals surface area contributed by atoms with E-state index in [2.05, 4.69) is 10.6 Å². The highest BCUT2D eigenvalue weighted by molar-refractivity contribution is 5.77. The molecule has 3 unspecified atom stereocenters. The lowest BCUT2D eigenvalue weighted by Crippen LogP contribution is -2.48. The van der Waals surface area contributed by atoms with E-state index < -0.39 is 42.6 Å². The second-order valence-corrected chi connectivity index (χ2v) is 4.82. The van der Waals surface area contributed by atoms with Crippen molar-refractivity contribution in [2.75, 3.05) is 0 Å². The molecular weight excluding hydrogens is 265 g/mol. The Hall–Kier alpha value is -1.47. The molecule has 1 rings (SSSR count). The summed E-state index contributed by atoms with van der Waals surface area (Å²) in [5.41, 5.74) is 0. The maximum Gasteiger partial charge on any atom is 0.391 e. The molecule has 1 saturated carbocycles. The molecule has 0 radical (unpaired) electrons. The predicted molar refractivity (Wildman–Crippen MR) is 60.6 cm³/mol. The van der Waals surface area contributed by atoms with Crippen LogP contribution in [0.5, 0.6) is 0 Å². The minimum atomic E-state index is -4.34. The van der Waals surface area contributed by atoms with Gasteiger partial charge in [0, 0.05) is 12.1 Å². The summed E-state index contributed by atoms with van der Waals surface area (Å²) in [5, 5.41) is 13.5. The molecule has 0 spiro atoms. The van der Waals surface area contributed by atoms with Crippen LogP contribution in [-0.2, 0) is 4.79 Å². The fourth-order valence-electron chi connectivity index (χ4n) is 2.26. The van der Waals surface area contributed by atoms with Crippen molar-refractivity contribution in [3.05, 3.63) is 0 Å². The molecule has 0 aromatic rings. The van der Waals surface area contributed by atoms with E-state index in [1.807, 2.05) is 0 Å². The lowest BCUT2D eigenvalue weighted by atomic mass is 10.0. The molecule has 110 valence electrons. The van der Waals surface area contributed by atoms with Gasteiger partial charge in [-0.15, -0.1) is 0 Å². The highest BCUT2D eigenvalue weighted by Crippen LogP contribution is 2.26. The monoisotopic (exact) mass is 282 g/mol. The van der Waals surface area contributed by atoms with Crippen LogP contribution < -0.4 is 10.6 Å². The normalized spacial score (nSPS) is 24.8. The topological polar surface area (TPSA) is 78.4 Å². The molecule has 0 aromatic carbocycles. The van der Waals surface area contributed by atoms with Crippen molar-refractivity contribution in [3.8, 4) is 0 Å². The number of amides is 2. The van der Waals surface area contributed by atoms with Gasteiger partial charge in [-0.25, -0.2) is 4.79 Å². The average Bonchev–Trinajstić information content (AvgIpc) is 2.61. The average molecular weight is 282 g/mol. The molecule has 3 atom stereocenters. The van der Waals surface area contributed by atoms with Gasteiger partial charge < -0.3 is 15.7 Å². The number of aliphatic carboxylic acids is 1. The number of carboxylic acid groups (broad SMARTS) is 1. The Labute approximate surface area is 108 Å². The van der Waals surface area contributed by atoms with Gasteiger partial charge in [-0.2, -0.15) is 13.2 Å². The SMILES string of the molecule is CC(CC(F)(F)F)NC(=O)NC1CCCC1C(=O)O. The summed E-state index contributed by atoms with van der Waals surface area (Å²) >= 11 is 0. The van der Waals surface area contributed by atoms with E-state index in [1.165, 1.54) is 6.92 Å². The maximum absolute atomic E-state index is 12.1. The van der Waals surface area contributed by atoms with Crippen molar-refractivity contribution in [2.24, 2.45) is 5.92 Å². The number of carboxylic acids is 1. The van der Waals surface area contributed by atoms with Gasteiger partial charge in [-0.1, -0.05) is 6.42 Å². The van der Waals surface area contributed by atoms with Gasteiger partial charge in [-0.3, -0.25) is 4.79 Å². The summed E-state index contributed by atoms with van der Waals surface area (Å²) in [6.07, 6.45) is -3.78. The lowest BCUT2D eigenvalue weighted by Gasteiger charge is -2.21. The Morgan fingerprint density at radius 2 is 2.00 bits per heavy atom. The first-order valence-electron chi connectivity index (χ1n) is 6.05. The number of urea groups is 1. The van der Waals surface area contributed by atoms with Crippen LogP contribution in [0.25, 0.3) is 0 Å². The summed E-state index contributed by atoms with van der Waals surface area (Å²) in [5.74, 6) is -1.66. The van der Waals surface area contributed by atoms with E-state index >= 15 is 0 Å². The van der Waals surface area contributed by atoms with Gasteiger partial charge in [0.2, 0.25) is 0 Å². The first-order chi connectivity index (χ1) is 8.69. The number of carbonyl (C=O) groups excluding carboxylic acids is 1. The molecule has 0 aromatic heterocycles. The van der Waals surface area contributed by atoms with Gasteiger partial charge in [-0.05, 0) is 19.8 Å². The molecule has 19 heavy (non-hydrogen) atoms. The zero-order valence-electron chi connectivity index (χ0n) is 10.5. The summed E-state index contributed by atoms with van der Waals surface area (Å²) in [6.45, 7) is 1.25. The molecule has 0 saturated heterocycles. The fraction of sp³-hybridized carbons (Fsp3) is 0.818. The summed E-state index contributed by atoms with van der Waals surface area (Å²) in [7, 11) is 0. The number of nitrogens with one attached hydrogen (secondary N) is 2. The second kappa shape index (κ2) is 6.12. The van der Waals surface area contributed by atoms with Crippen LogP contribution in [0.2, 0.25) is 0 Å². The van der Waals surface area contributed by atoms with E-state index in [0.717, 1.165) is 0 Å². The molecule has 1 aliphatic carbocycles. The van der Waals surface area contributed by atoms with Crippen molar-refractivity contribution in [1.82, 2.24) is 10.6 Å². The third-order valence-electron chi connectivity index (χ3n) is 3.06. The van der Waals surface area contributed by atoms with Gasteiger partial charge >= 0.3 is 18.2 Å². The minimum absolute atomic E-state index is 0.471. The van der Waals surface area contributed by atoms with Crippen molar-refractivity contribution >= 4 is 12.0 Å². The Balaban J connectivity index is 2.41. The first kappa shape index (κ1) is 15.6. The van der Waals surface area contributed by atoms with E-state index in [-0.39, 0.29) is 0 Å². The number of hydrogen-bond donors (Lipinski definition) is 3. The van der Waals surface area contributed by atoms with Gasteiger partial charge in [0.15, 0.2) is 0 Å². The third-order valence-corrected chi connectivity index (χ3v) is 3.06. The van der Waals surface area contributed by atoms with Crippen LogP contribution in [0.15, 0.2) is 0 Å². The third kappa shape index (κ3) is 5.35. The van der Waals surface area contributed by atoms with Crippen LogP contribution in [0, 0.1) is 5.92 Å². The molecule has 1 fully saturated rings. The number of hydrogen-bond acceptors (Lipinski definition) is 2. The van der Waals surface area contributed by atoms with Crippen LogP contribution in [0.3, 0.4) is 0 Å². The molecule has 0 heterocycles. The fourth-order valence-corrected chi connectivity index (χ4v) is 2.26. The molecular formula is C11H17F3N2O3. The molecule has 5 nitrogen and oxygen atoms in total. The number of carbonyl (C=O) groups is 2. The number of alkyl halides is 3. The predicted octanol–water partition coefficient (Wildman–Crippen LogP) is 1.88. The van der Waals surface area contributed by atoms with Crippen molar-refractivity contribution in [3.63, 3.8) is 0 Å². The van der Waals surface area contributed by atoms with Crippen molar-refractivity contribution < 1.29 is 27.9 Å². The maximum atomic E-state index is 12.1. The number of halogens is 3. The summed E-state index contributed by atoms with van der Waals surface area (Å²) in [4.78, 5) is 22.4. The van der Waals surface area contributed by atoms with E-state index in [1.54, 1.807) is 0 Å². The van der Waals surface area contributed by atoms with Crippen LogP contribution in [0.4, 0.5) is 18.0 Å². The van der Waals surface area contributed by atoms with E-state index in [4.69, 9.17) is 5.11 Å². The highest BCUT2D eigenvalue weighted by atomic mass is 19.4. The van der Waals surface area contributed by atoms with Gasteiger partial charge in [0.25, 0.3) is 0 Å². The van der Waals surface area contributed by atoms with Gasteiger partial charge in [0.1, 0.15) is 0 Å². The molecule has 0 aliphatic heterocycles. The molecule has 1 aliphatic rings. The quantitative estimate of drug-likeness (QED) is 0.736. The van der Waals surface area contributed by atoms with E-state index in [9.17, 15) is 22.8 Å². The lowest BCUT2D eigenvalue weighted by molar-refractivity contribution is -0.142. The summed E-state index contributed by atoms with van der Waals surface area (Å²) < 4.78 is 36.2. The first-order valence-corrected chi connectivity index (χ1v) is 6.05. The highest BCUT2D eigenvalue weighted by Gasteiger charge is 2.35. The van der Waals surface area contributed by atoms with Crippen LogP contribution in [0.1, 0.15) is 32.6 Å². The largest absolute Gasteiger partial charge is 0.481 e. The Kier molecular flexibility index (Phi) is 5.02. The van der Waals surface area contributed by atoms with Crippen LogP contribution >= 0.6 is 0 Å². The van der Waals surface area contributed by atoms with Crippen molar-refractivity contribution in [2.45, 2.75) is 50.9 Å². The van der Waals surface area contributed by atoms with Crippen molar-refractivity contribution in [1.29, 1.82) is 0 Å². The van der Waals surface area contributed by atoms with Gasteiger partial charge in [0.05, 0.1) is 12.3 Å². The second-order valence-electron chi connectivity index (χ2n) is 4.82. The molecule has 2 amide bonds.